The quantitative estimate of drug-likeness (QED) is 0.751. The van der Waals surface area contributed by atoms with Gasteiger partial charge in [0, 0.05) is 25.2 Å². The Morgan fingerprint density at radius 2 is 2.21 bits per heavy atom. The number of thiazole rings is 1. The lowest BCUT2D eigenvalue weighted by atomic mass is 10.0. The van der Waals surface area contributed by atoms with Gasteiger partial charge in [-0.2, -0.15) is 0 Å². The highest BCUT2D eigenvalue weighted by molar-refractivity contribution is 7.09. The van der Waals surface area contributed by atoms with Crippen molar-refractivity contribution >= 4 is 17.2 Å². The number of amides is 1. The van der Waals surface area contributed by atoms with Crippen molar-refractivity contribution in [2.45, 2.75) is 25.3 Å². The first-order valence-corrected chi connectivity index (χ1v) is 9.10. The van der Waals surface area contributed by atoms with E-state index in [0.29, 0.717) is 24.5 Å². The number of piperidine rings is 1. The van der Waals surface area contributed by atoms with Crippen LogP contribution in [0.5, 0.6) is 5.75 Å². The van der Waals surface area contributed by atoms with E-state index in [4.69, 9.17) is 9.47 Å². The van der Waals surface area contributed by atoms with E-state index in [0.717, 1.165) is 30.8 Å². The molecule has 3 rings (SSSR count). The highest BCUT2D eigenvalue weighted by atomic mass is 32.1. The fourth-order valence-corrected chi connectivity index (χ4v) is 3.77. The molecule has 6 heteroatoms. The Morgan fingerprint density at radius 1 is 1.33 bits per heavy atom. The number of rotatable bonds is 6. The minimum absolute atomic E-state index is 0.0166. The molecule has 1 aliphatic heterocycles. The summed E-state index contributed by atoms with van der Waals surface area (Å²) < 4.78 is 10.7. The lowest BCUT2D eigenvalue weighted by molar-refractivity contribution is 0.0605. The van der Waals surface area contributed by atoms with Gasteiger partial charge in [0.2, 0.25) is 0 Å². The summed E-state index contributed by atoms with van der Waals surface area (Å²) in [7, 11) is 1.63. The number of nitrogens with zero attached hydrogens (tertiary/aromatic N) is 2. The monoisotopic (exact) mass is 346 g/mol. The number of benzene rings is 1. The predicted molar refractivity (Wildman–Crippen MR) is 93.6 cm³/mol. The maximum absolute atomic E-state index is 13.2. The number of para-hydroxylation sites is 1. The summed E-state index contributed by atoms with van der Waals surface area (Å²) in [6, 6.07) is 7.49. The molecule has 1 amide bonds. The van der Waals surface area contributed by atoms with Crippen LogP contribution >= 0.6 is 11.3 Å². The topological polar surface area (TPSA) is 51.7 Å². The average molecular weight is 346 g/mol. The van der Waals surface area contributed by atoms with Crippen LogP contribution in [-0.2, 0) is 4.74 Å². The van der Waals surface area contributed by atoms with E-state index in [-0.39, 0.29) is 11.9 Å². The summed E-state index contributed by atoms with van der Waals surface area (Å²) in [5.74, 6) is 0.630. The van der Waals surface area contributed by atoms with Gasteiger partial charge in [0.05, 0.1) is 18.2 Å². The molecule has 0 aliphatic carbocycles. The summed E-state index contributed by atoms with van der Waals surface area (Å²) in [6.07, 6.45) is 4.92. The van der Waals surface area contributed by atoms with Crippen molar-refractivity contribution in [3.63, 3.8) is 0 Å². The molecule has 1 aliphatic rings. The number of ether oxygens (including phenoxy) is 2. The van der Waals surface area contributed by atoms with Gasteiger partial charge in [-0.05, 0) is 31.4 Å². The van der Waals surface area contributed by atoms with Gasteiger partial charge in [-0.15, -0.1) is 11.3 Å². The standard InChI is InChI=1S/C18H22N2O3S/c1-22-11-12-23-16-8-3-2-6-14(16)18(21)20-10-5-4-7-15(20)17-19-9-13-24-17/h2-3,6,8-9,13,15H,4-5,7,10-12H2,1H3/t15-/m0/s1. The fraction of sp³-hybridized carbons (Fsp3) is 0.444. The van der Waals surface area contributed by atoms with Gasteiger partial charge in [-0.3, -0.25) is 4.79 Å². The van der Waals surface area contributed by atoms with Gasteiger partial charge < -0.3 is 14.4 Å². The third-order valence-corrected chi connectivity index (χ3v) is 5.04. The van der Waals surface area contributed by atoms with Crippen LogP contribution in [0.2, 0.25) is 0 Å². The zero-order valence-electron chi connectivity index (χ0n) is 13.8. The molecule has 0 spiro atoms. The molecule has 0 N–H and O–H groups in total. The van der Waals surface area contributed by atoms with E-state index in [1.54, 1.807) is 24.6 Å². The molecule has 2 aromatic rings. The van der Waals surface area contributed by atoms with Gasteiger partial charge in [0.1, 0.15) is 17.4 Å². The van der Waals surface area contributed by atoms with Gasteiger partial charge in [-0.25, -0.2) is 4.98 Å². The van der Waals surface area contributed by atoms with Gasteiger partial charge in [0.25, 0.3) is 5.91 Å². The van der Waals surface area contributed by atoms with Gasteiger partial charge in [0.15, 0.2) is 0 Å². The van der Waals surface area contributed by atoms with Gasteiger partial charge >= 0.3 is 0 Å². The van der Waals surface area contributed by atoms with Crippen LogP contribution in [0.4, 0.5) is 0 Å². The normalized spacial score (nSPS) is 17.7. The minimum Gasteiger partial charge on any atom is -0.490 e. The maximum atomic E-state index is 13.2. The van der Waals surface area contributed by atoms with E-state index in [2.05, 4.69) is 4.98 Å². The molecular formula is C18H22N2O3S. The summed E-state index contributed by atoms with van der Waals surface area (Å²) in [4.78, 5) is 19.5. The fourth-order valence-electron chi connectivity index (χ4n) is 2.99. The first kappa shape index (κ1) is 16.9. The van der Waals surface area contributed by atoms with Crippen molar-refractivity contribution in [1.29, 1.82) is 0 Å². The van der Waals surface area contributed by atoms with Crippen molar-refractivity contribution < 1.29 is 14.3 Å². The number of methoxy groups -OCH3 is 1. The molecular weight excluding hydrogens is 324 g/mol. The van der Waals surface area contributed by atoms with E-state index in [1.807, 2.05) is 34.5 Å². The molecule has 1 aromatic carbocycles. The highest BCUT2D eigenvalue weighted by Gasteiger charge is 2.31. The number of aromatic nitrogens is 1. The maximum Gasteiger partial charge on any atom is 0.258 e. The van der Waals surface area contributed by atoms with Crippen molar-refractivity contribution in [2.24, 2.45) is 0 Å². The third-order valence-electron chi connectivity index (χ3n) is 4.16. The van der Waals surface area contributed by atoms with E-state index >= 15 is 0 Å². The van der Waals surface area contributed by atoms with Crippen LogP contribution in [-0.4, -0.2) is 42.7 Å². The summed E-state index contributed by atoms with van der Waals surface area (Å²) in [6.45, 7) is 1.68. The Kier molecular flexibility index (Phi) is 5.82. The van der Waals surface area contributed by atoms with Crippen LogP contribution < -0.4 is 4.74 Å². The molecule has 5 nitrogen and oxygen atoms in total. The van der Waals surface area contributed by atoms with Gasteiger partial charge in [-0.1, -0.05) is 12.1 Å². The second-order valence-electron chi connectivity index (χ2n) is 5.72. The van der Waals surface area contributed by atoms with Crippen LogP contribution in [0.3, 0.4) is 0 Å². The van der Waals surface area contributed by atoms with Crippen LogP contribution in [0.1, 0.15) is 40.7 Å². The largest absolute Gasteiger partial charge is 0.490 e. The molecule has 0 bridgehead atoms. The molecule has 24 heavy (non-hydrogen) atoms. The van der Waals surface area contributed by atoms with Crippen molar-refractivity contribution in [2.75, 3.05) is 26.9 Å². The van der Waals surface area contributed by atoms with E-state index in [1.165, 1.54) is 0 Å². The highest BCUT2D eigenvalue weighted by Crippen LogP contribution is 2.34. The van der Waals surface area contributed by atoms with E-state index in [9.17, 15) is 4.79 Å². The van der Waals surface area contributed by atoms with Crippen molar-refractivity contribution in [3.05, 3.63) is 46.4 Å². The predicted octanol–water partition coefficient (Wildman–Crippen LogP) is 3.54. The Bertz CT molecular complexity index is 660. The Morgan fingerprint density at radius 3 is 3.00 bits per heavy atom. The number of carbonyl (C=O) groups is 1. The average Bonchev–Trinajstić information content (AvgIpc) is 3.16. The summed E-state index contributed by atoms with van der Waals surface area (Å²) in [5.41, 5.74) is 0.608. The molecule has 1 aromatic heterocycles. The first-order valence-electron chi connectivity index (χ1n) is 8.22. The SMILES string of the molecule is COCCOc1ccccc1C(=O)N1CCCC[C@H]1c1nccs1. The second-order valence-corrected chi connectivity index (χ2v) is 6.64. The molecule has 0 saturated carbocycles. The van der Waals surface area contributed by atoms with Crippen LogP contribution in [0.15, 0.2) is 35.8 Å². The Labute approximate surface area is 146 Å². The Hall–Kier alpha value is -1.92. The molecule has 1 atom stereocenters. The lowest BCUT2D eigenvalue weighted by Crippen LogP contribution is -2.38. The van der Waals surface area contributed by atoms with E-state index < -0.39 is 0 Å². The lowest BCUT2D eigenvalue weighted by Gasteiger charge is -2.34. The zero-order chi connectivity index (χ0) is 16.8. The van der Waals surface area contributed by atoms with Crippen LogP contribution in [0, 0.1) is 0 Å². The smallest absolute Gasteiger partial charge is 0.258 e. The number of carbonyl (C=O) groups excluding carboxylic acids is 1. The van der Waals surface area contributed by atoms with Crippen molar-refractivity contribution in [1.82, 2.24) is 9.88 Å². The number of hydrogen-bond donors (Lipinski definition) is 0. The zero-order valence-corrected chi connectivity index (χ0v) is 14.6. The van der Waals surface area contributed by atoms with Crippen molar-refractivity contribution in [3.8, 4) is 5.75 Å². The summed E-state index contributed by atoms with van der Waals surface area (Å²) >= 11 is 1.61. The third kappa shape index (κ3) is 3.76. The molecule has 1 saturated heterocycles. The molecule has 128 valence electrons. The summed E-state index contributed by atoms with van der Waals surface area (Å²) in [5, 5.41) is 2.98. The number of hydrogen-bond acceptors (Lipinski definition) is 5. The minimum atomic E-state index is 0.0166. The number of likely N-dealkylation sites (tertiary alicyclic amines) is 1. The molecule has 2 heterocycles. The molecule has 1 fully saturated rings. The molecule has 0 radical (unpaired) electrons. The molecule has 0 unspecified atom stereocenters. The second kappa shape index (κ2) is 8.26. The first-order chi connectivity index (χ1) is 11.8. The Balaban J connectivity index is 1.82. The van der Waals surface area contributed by atoms with Crippen LogP contribution in [0.25, 0.3) is 0 Å².